The highest BCUT2D eigenvalue weighted by Gasteiger charge is 2.25. The van der Waals surface area contributed by atoms with E-state index in [0.29, 0.717) is 16.5 Å². The zero-order valence-corrected chi connectivity index (χ0v) is 20.2. The number of benzene rings is 1. The summed E-state index contributed by atoms with van der Waals surface area (Å²) in [6, 6.07) is 9.66. The Labute approximate surface area is 189 Å². The van der Waals surface area contributed by atoms with Crippen LogP contribution in [0.4, 0.5) is 5.95 Å². The lowest BCUT2D eigenvalue weighted by atomic mass is 10.1. The summed E-state index contributed by atoms with van der Waals surface area (Å²) in [5.41, 5.74) is 4.12. The van der Waals surface area contributed by atoms with Crippen molar-refractivity contribution < 1.29 is 4.79 Å². The summed E-state index contributed by atoms with van der Waals surface area (Å²) >= 11 is 6.61. The molecule has 4 rings (SSSR count). The fourth-order valence-corrected chi connectivity index (χ4v) is 5.27. The van der Waals surface area contributed by atoms with E-state index in [2.05, 4.69) is 40.1 Å². The van der Waals surface area contributed by atoms with Gasteiger partial charge in [0.1, 0.15) is 0 Å². The number of nitrogens with one attached hydrogen (secondary N) is 1. The maximum Gasteiger partial charge on any atom is 0.258 e. The summed E-state index contributed by atoms with van der Waals surface area (Å²) in [7, 11) is 1.75. The van der Waals surface area contributed by atoms with E-state index >= 15 is 0 Å². The largest absolute Gasteiger partial charge is 0.304 e. The molecule has 1 saturated heterocycles. The second kappa shape index (κ2) is 9.23. The third-order valence-corrected chi connectivity index (χ3v) is 7.21. The van der Waals surface area contributed by atoms with Crippen LogP contribution in [0.2, 0.25) is 5.02 Å². The SMILES string of the molecule is Cc1cc(C(=O)Nc2nc3cccc(Cl)c3n2C2CCCCN(C)C2)cc(P(C)C)n1. The molecule has 0 bridgehead atoms. The van der Waals surface area contributed by atoms with Gasteiger partial charge in [-0.25, -0.2) is 4.98 Å². The molecule has 1 aliphatic rings. The minimum Gasteiger partial charge on any atom is -0.304 e. The van der Waals surface area contributed by atoms with E-state index in [4.69, 9.17) is 16.6 Å². The molecule has 0 radical (unpaired) electrons. The van der Waals surface area contributed by atoms with E-state index in [9.17, 15) is 4.79 Å². The highest BCUT2D eigenvalue weighted by Crippen LogP contribution is 2.33. The summed E-state index contributed by atoms with van der Waals surface area (Å²) in [6.45, 7) is 8.18. The summed E-state index contributed by atoms with van der Waals surface area (Å²) in [5, 5.41) is 3.74. The molecule has 1 fully saturated rings. The van der Waals surface area contributed by atoms with Crippen LogP contribution in [0.25, 0.3) is 11.0 Å². The fourth-order valence-electron chi connectivity index (χ4n) is 4.25. The van der Waals surface area contributed by atoms with Crippen LogP contribution in [0.5, 0.6) is 0 Å². The standard InChI is InChI=1S/C23H29ClN5OP/c1-15-12-16(13-20(25-15)31(3)4)22(30)27-23-26-19-10-7-9-18(24)21(19)29(23)17-8-5-6-11-28(2)14-17/h7,9-10,12-13,17H,5-6,8,11,14H2,1-4H3,(H,26,27,30). The molecule has 2 aromatic heterocycles. The molecule has 1 N–H and O–H groups in total. The molecule has 0 aliphatic carbocycles. The van der Waals surface area contributed by atoms with Gasteiger partial charge in [0.2, 0.25) is 5.95 Å². The molecule has 1 atom stereocenters. The molecular formula is C23H29ClN5OP. The van der Waals surface area contributed by atoms with Crippen LogP contribution >= 0.6 is 19.5 Å². The predicted octanol–water partition coefficient (Wildman–Crippen LogP) is 4.67. The van der Waals surface area contributed by atoms with Crippen molar-refractivity contribution in [3.8, 4) is 0 Å². The first kappa shape index (κ1) is 22.2. The smallest absolute Gasteiger partial charge is 0.258 e. The number of halogens is 1. The van der Waals surface area contributed by atoms with Crippen molar-refractivity contribution in [2.24, 2.45) is 0 Å². The molecule has 1 aromatic carbocycles. The molecule has 1 amide bonds. The Morgan fingerprint density at radius 1 is 1.23 bits per heavy atom. The molecule has 8 heteroatoms. The quantitative estimate of drug-likeness (QED) is 0.578. The third kappa shape index (κ3) is 4.77. The summed E-state index contributed by atoms with van der Waals surface area (Å²) < 4.78 is 2.14. The average molecular weight is 458 g/mol. The van der Waals surface area contributed by atoms with Gasteiger partial charge in [0, 0.05) is 23.8 Å². The van der Waals surface area contributed by atoms with Crippen LogP contribution in [0.15, 0.2) is 30.3 Å². The fraction of sp³-hybridized carbons (Fsp3) is 0.435. The van der Waals surface area contributed by atoms with Crippen molar-refractivity contribution in [2.45, 2.75) is 32.2 Å². The topological polar surface area (TPSA) is 63.1 Å². The number of likely N-dealkylation sites (tertiary alicyclic amines) is 1. The first-order chi connectivity index (χ1) is 14.8. The lowest BCUT2D eigenvalue weighted by molar-refractivity contribution is 0.102. The molecular weight excluding hydrogens is 429 g/mol. The zero-order chi connectivity index (χ0) is 22.1. The van der Waals surface area contributed by atoms with Gasteiger partial charge in [-0.2, -0.15) is 0 Å². The van der Waals surface area contributed by atoms with Crippen molar-refractivity contribution in [3.05, 3.63) is 46.6 Å². The first-order valence-corrected chi connectivity index (χ1v) is 13.3. The number of carbonyl (C=O) groups excluding carboxylic acids is 1. The molecule has 3 heterocycles. The number of rotatable bonds is 4. The predicted molar refractivity (Wildman–Crippen MR) is 130 cm³/mol. The van der Waals surface area contributed by atoms with Crippen molar-refractivity contribution in [3.63, 3.8) is 0 Å². The second-order valence-corrected chi connectivity index (χ2v) is 11.2. The second-order valence-electron chi connectivity index (χ2n) is 8.53. The van der Waals surface area contributed by atoms with E-state index in [0.717, 1.165) is 48.1 Å². The number of aryl methyl sites for hydroxylation is 1. The Hall–Kier alpha value is -2.01. The summed E-state index contributed by atoms with van der Waals surface area (Å²) in [5.74, 6) is 0.387. The van der Waals surface area contributed by atoms with Gasteiger partial charge in [0.05, 0.1) is 21.5 Å². The molecule has 0 spiro atoms. The van der Waals surface area contributed by atoms with Crippen molar-refractivity contribution >= 4 is 47.8 Å². The minimum atomic E-state index is -0.392. The number of fused-ring (bicyclic) bond motifs is 1. The number of carbonyl (C=O) groups is 1. The van der Waals surface area contributed by atoms with Crippen molar-refractivity contribution in [1.29, 1.82) is 0 Å². The van der Waals surface area contributed by atoms with E-state index in [1.54, 1.807) is 0 Å². The van der Waals surface area contributed by atoms with Gasteiger partial charge >= 0.3 is 0 Å². The number of hydrogen-bond donors (Lipinski definition) is 1. The van der Waals surface area contributed by atoms with Crippen LogP contribution in [-0.4, -0.2) is 58.8 Å². The van der Waals surface area contributed by atoms with E-state index in [1.165, 1.54) is 6.42 Å². The maximum atomic E-state index is 13.2. The number of aromatic nitrogens is 3. The normalized spacial score (nSPS) is 17.8. The average Bonchev–Trinajstić information content (AvgIpc) is 2.95. The van der Waals surface area contributed by atoms with Gasteiger partial charge in [-0.05, 0) is 71.0 Å². The van der Waals surface area contributed by atoms with E-state index in [-0.39, 0.29) is 11.9 Å². The summed E-state index contributed by atoms with van der Waals surface area (Å²) in [4.78, 5) is 24.9. The van der Waals surface area contributed by atoms with Crippen LogP contribution in [0, 0.1) is 6.92 Å². The van der Waals surface area contributed by atoms with Crippen molar-refractivity contribution in [2.75, 3.05) is 38.8 Å². The van der Waals surface area contributed by atoms with Gasteiger partial charge in [-0.3, -0.25) is 15.1 Å². The monoisotopic (exact) mass is 457 g/mol. The van der Waals surface area contributed by atoms with E-state index in [1.807, 2.05) is 37.3 Å². The van der Waals surface area contributed by atoms with Crippen LogP contribution in [-0.2, 0) is 0 Å². The van der Waals surface area contributed by atoms with Crippen molar-refractivity contribution in [1.82, 2.24) is 19.4 Å². The van der Waals surface area contributed by atoms with Gasteiger partial charge in [0.15, 0.2) is 0 Å². The number of anilines is 1. The Bertz CT molecular complexity index is 1110. The lowest BCUT2D eigenvalue weighted by Crippen LogP contribution is -2.27. The Balaban J connectivity index is 1.75. The summed E-state index contributed by atoms with van der Waals surface area (Å²) in [6.07, 6.45) is 3.33. The molecule has 6 nitrogen and oxygen atoms in total. The number of imidazole rings is 1. The number of para-hydroxylation sites is 1. The van der Waals surface area contributed by atoms with Crippen LogP contribution < -0.4 is 10.8 Å². The Morgan fingerprint density at radius 2 is 2.03 bits per heavy atom. The molecule has 0 saturated carbocycles. The number of pyridine rings is 1. The third-order valence-electron chi connectivity index (χ3n) is 5.76. The van der Waals surface area contributed by atoms with Gasteiger partial charge in [-0.1, -0.05) is 32.0 Å². The molecule has 3 aromatic rings. The highest BCUT2D eigenvalue weighted by atomic mass is 35.5. The minimum absolute atomic E-state index is 0.168. The van der Waals surface area contributed by atoms with Crippen LogP contribution in [0.3, 0.4) is 0 Å². The van der Waals surface area contributed by atoms with Gasteiger partial charge < -0.3 is 9.47 Å². The van der Waals surface area contributed by atoms with Crippen LogP contribution in [0.1, 0.15) is 41.4 Å². The molecule has 1 aliphatic heterocycles. The number of likely N-dealkylation sites (N-methyl/N-ethyl adjacent to an activating group) is 1. The van der Waals surface area contributed by atoms with E-state index < -0.39 is 7.92 Å². The number of hydrogen-bond acceptors (Lipinski definition) is 4. The Kier molecular flexibility index (Phi) is 6.61. The zero-order valence-electron chi connectivity index (χ0n) is 18.5. The highest BCUT2D eigenvalue weighted by molar-refractivity contribution is 7.63. The van der Waals surface area contributed by atoms with Gasteiger partial charge in [-0.15, -0.1) is 0 Å². The molecule has 164 valence electrons. The molecule has 31 heavy (non-hydrogen) atoms. The number of amides is 1. The number of nitrogens with zero attached hydrogens (tertiary/aromatic N) is 4. The maximum absolute atomic E-state index is 13.2. The molecule has 1 unspecified atom stereocenters. The lowest BCUT2D eigenvalue weighted by Gasteiger charge is -2.24. The van der Waals surface area contributed by atoms with Gasteiger partial charge in [0.25, 0.3) is 5.91 Å². The first-order valence-electron chi connectivity index (χ1n) is 10.7. The Morgan fingerprint density at radius 3 is 2.81 bits per heavy atom.